The molecule has 4 heteroatoms. The van der Waals surface area contributed by atoms with Crippen molar-refractivity contribution < 1.29 is 4.21 Å². The van der Waals surface area contributed by atoms with Crippen LogP contribution in [0.1, 0.15) is 18.4 Å². The molecule has 0 aliphatic carbocycles. The van der Waals surface area contributed by atoms with Crippen molar-refractivity contribution in [1.29, 1.82) is 0 Å². The predicted molar refractivity (Wildman–Crippen MR) is 66.5 cm³/mol. The number of hydrogen-bond donors (Lipinski definition) is 1. The highest BCUT2D eigenvalue weighted by Gasteiger charge is 2.15. The number of nitrogens with one attached hydrogen (secondary N) is 1. The first-order chi connectivity index (χ1) is 7.84. The Morgan fingerprint density at radius 1 is 1.56 bits per heavy atom. The number of nitrogens with zero attached hydrogens (tertiary/aromatic N) is 1. The molecule has 1 fully saturated rings. The van der Waals surface area contributed by atoms with E-state index in [4.69, 9.17) is 0 Å². The molecule has 1 N–H and O–H groups in total. The number of rotatable bonds is 4. The fraction of sp³-hybridized carbons (Fsp3) is 0.583. The maximum absolute atomic E-state index is 11.9. The van der Waals surface area contributed by atoms with Gasteiger partial charge in [-0.1, -0.05) is 6.07 Å². The molecule has 2 heterocycles. The van der Waals surface area contributed by atoms with Crippen molar-refractivity contribution in [3.63, 3.8) is 0 Å². The van der Waals surface area contributed by atoms with Crippen molar-refractivity contribution in [3.05, 3.63) is 30.1 Å². The monoisotopic (exact) mass is 238 g/mol. The van der Waals surface area contributed by atoms with E-state index in [1.165, 1.54) is 12.8 Å². The molecule has 2 rings (SSSR count). The van der Waals surface area contributed by atoms with Crippen LogP contribution >= 0.6 is 0 Å². The van der Waals surface area contributed by atoms with Gasteiger partial charge in [0.2, 0.25) is 0 Å². The quantitative estimate of drug-likeness (QED) is 0.860. The van der Waals surface area contributed by atoms with E-state index in [2.05, 4.69) is 10.3 Å². The van der Waals surface area contributed by atoms with E-state index in [1.807, 2.05) is 12.1 Å². The van der Waals surface area contributed by atoms with Crippen molar-refractivity contribution in [2.75, 3.05) is 18.8 Å². The van der Waals surface area contributed by atoms with Crippen LogP contribution in [0.15, 0.2) is 24.5 Å². The van der Waals surface area contributed by atoms with Crippen LogP contribution in [0, 0.1) is 5.92 Å². The molecule has 1 aliphatic rings. The van der Waals surface area contributed by atoms with Crippen LogP contribution in [0.5, 0.6) is 0 Å². The van der Waals surface area contributed by atoms with Gasteiger partial charge in [0.15, 0.2) is 0 Å². The highest BCUT2D eigenvalue weighted by Crippen LogP contribution is 2.13. The van der Waals surface area contributed by atoms with Crippen LogP contribution in [-0.2, 0) is 16.6 Å². The molecule has 2 atom stereocenters. The standard InChI is InChI=1S/C12H18N2OS/c15-16(9-11-3-1-5-13-7-11)10-12-4-2-6-14-8-12/h1,3,5,7,12,14H,2,4,6,8-10H2/t12-,16-/m1/s1. The van der Waals surface area contributed by atoms with Crippen LogP contribution in [0.3, 0.4) is 0 Å². The van der Waals surface area contributed by atoms with Gasteiger partial charge in [0.05, 0.1) is 5.75 Å². The third kappa shape index (κ3) is 3.68. The zero-order valence-electron chi connectivity index (χ0n) is 9.39. The summed E-state index contributed by atoms with van der Waals surface area (Å²) in [5.41, 5.74) is 1.07. The number of piperidine rings is 1. The van der Waals surface area contributed by atoms with Crippen molar-refractivity contribution >= 4 is 10.8 Å². The highest BCUT2D eigenvalue weighted by molar-refractivity contribution is 7.84. The van der Waals surface area contributed by atoms with Gasteiger partial charge in [-0.25, -0.2) is 0 Å². The fourth-order valence-electron chi connectivity index (χ4n) is 2.06. The van der Waals surface area contributed by atoms with Crippen LogP contribution in [-0.4, -0.2) is 28.0 Å². The molecule has 1 aromatic rings. The van der Waals surface area contributed by atoms with Gasteiger partial charge in [-0.3, -0.25) is 9.19 Å². The van der Waals surface area contributed by atoms with Gasteiger partial charge >= 0.3 is 0 Å². The molecule has 0 aromatic carbocycles. The Kier molecular flexibility index (Phi) is 4.48. The lowest BCUT2D eigenvalue weighted by atomic mass is 10.0. The molecule has 0 saturated carbocycles. The molecule has 0 bridgehead atoms. The third-order valence-corrected chi connectivity index (χ3v) is 4.37. The Hall–Kier alpha value is -0.740. The van der Waals surface area contributed by atoms with Gasteiger partial charge in [-0.15, -0.1) is 0 Å². The first-order valence-corrected chi connectivity index (χ1v) is 7.28. The number of pyridine rings is 1. The van der Waals surface area contributed by atoms with Gasteiger partial charge in [0, 0.05) is 28.9 Å². The summed E-state index contributed by atoms with van der Waals surface area (Å²) in [6.07, 6.45) is 5.98. The van der Waals surface area contributed by atoms with E-state index in [1.54, 1.807) is 12.4 Å². The first-order valence-electron chi connectivity index (χ1n) is 5.79. The minimum Gasteiger partial charge on any atom is -0.316 e. The molecule has 0 unspecified atom stereocenters. The molecular formula is C12H18N2OS. The average molecular weight is 238 g/mol. The number of hydrogen-bond acceptors (Lipinski definition) is 3. The van der Waals surface area contributed by atoms with Gasteiger partial charge in [0.1, 0.15) is 0 Å². The minimum absolute atomic E-state index is 0.589. The zero-order chi connectivity index (χ0) is 11.2. The van der Waals surface area contributed by atoms with Crippen LogP contribution in [0.2, 0.25) is 0 Å². The predicted octanol–water partition coefficient (Wildman–Crippen LogP) is 1.33. The molecule has 3 nitrogen and oxygen atoms in total. The minimum atomic E-state index is -0.749. The SMILES string of the molecule is O=[S@](Cc1cccnc1)C[C@@H]1CCCNC1. The molecule has 88 valence electrons. The fourth-order valence-corrected chi connectivity index (χ4v) is 3.53. The highest BCUT2D eigenvalue weighted by atomic mass is 32.2. The molecule has 1 saturated heterocycles. The Labute approximate surface area is 99.1 Å². The average Bonchev–Trinajstić information content (AvgIpc) is 2.31. The maximum atomic E-state index is 11.9. The summed E-state index contributed by atoms with van der Waals surface area (Å²) >= 11 is 0. The first kappa shape index (κ1) is 11.7. The second-order valence-corrected chi connectivity index (χ2v) is 5.83. The summed E-state index contributed by atoms with van der Waals surface area (Å²) in [5.74, 6) is 2.05. The lowest BCUT2D eigenvalue weighted by Crippen LogP contribution is -2.32. The summed E-state index contributed by atoms with van der Waals surface area (Å²) in [5, 5.41) is 3.36. The smallest absolute Gasteiger partial charge is 0.0500 e. The normalized spacial score (nSPS) is 22.9. The second-order valence-electron chi connectivity index (χ2n) is 4.32. The summed E-state index contributed by atoms with van der Waals surface area (Å²) in [4.78, 5) is 4.04. The molecule has 1 aromatic heterocycles. The van der Waals surface area contributed by atoms with E-state index in [0.29, 0.717) is 11.7 Å². The van der Waals surface area contributed by atoms with E-state index >= 15 is 0 Å². The second kappa shape index (κ2) is 6.11. The van der Waals surface area contributed by atoms with Crippen LogP contribution in [0.4, 0.5) is 0 Å². The van der Waals surface area contributed by atoms with Crippen molar-refractivity contribution in [2.45, 2.75) is 18.6 Å². The third-order valence-electron chi connectivity index (χ3n) is 2.87. The van der Waals surface area contributed by atoms with E-state index < -0.39 is 10.8 Å². The molecule has 0 spiro atoms. The molecule has 16 heavy (non-hydrogen) atoms. The Bertz CT molecular complexity index is 336. The topological polar surface area (TPSA) is 42.0 Å². The molecule has 1 aliphatic heterocycles. The lowest BCUT2D eigenvalue weighted by molar-refractivity contribution is 0.408. The Morgan fingerprint density at radius 2 is 2.50 bits per heavy atom. The molecular weight excluding hydrogens is 220 g/mol. The van der Waals surface area contributed by atoms with Crippen molar-refractivity contribution in [1.82, 2.24) is 10.3 Å². The van der Waals surface area contributed by atoms with Gasteiger partial charge in [-0.05, 0) is 43.5 Å². The summed E-state index contributed by atoms with van der Waals surface area (Å²) in [6, 6.07) is 3.89. The Morgan fingerprint density at radius 3 is 3.19 bits per heavy atom. The van der Waals surface area contributed by atoms with Crippen LogP contribution in [0.25, 0.3) is 0 Å². The lowest BCUT2D eigenvalue weighted by Gasteiger charge is -2.22. The summed E-state index contributed by atoms with van der Waals surface area (Å²) in [6.45, 7) is 2.14. The largest absolute Gasteiger partial charge is 0.316 e. The summed E-state index contributed by atoms with van der Waals surface area (Å²) < 4.78 is 11.9. The van der Waals surface area contributed by atoms with Gasteiger partial charge < -0.3 is 5.32 Å². The van der Waals surface area contributed by atoms with E-state index in [9.17, 15) is 4.21 Å². The van der Waals surface area contributed by atoms with Gasteiger partial charge in [-0.2, -0.15) is 0 Å². The molecule has 0 radical (unpaired) electrons. The summed E-state index contributed by atoms with van der Waals surface area (Å²) in [7, 11) is -0.749. The van der Waals surface area contributed by atoms with Crippen molar-refractivity contribution in [3.8, 4) is 0 Å². The zero-order valence-corrected chi connectivity index (χ0v) is 10.2. The van der Waals surface area contributed by atoms with Crippen molar-refractivity contribution in [2.24, 2.45) is 5.92 Å². The van der Waals surface area contributed by atoms with E-state index in [0.717, 1.165) is 24.4 Å². The van der Waals surface area contributed by atoms with E-state index in [-0.39, 0.29) is 0 Å². The maximum Gasteiger partial charge on any atom is 0.0500 e. The Balaban J connectivity index is 1.80. The number of aromatic nitrogens is 1. The molecule has 0 amide bonds. The van der Waals surface area contributed by atoms with Gasteiger partial charge in [0.25, 0.3) is 0 Å². The van der Waals surface area contributed by atoms with Crippen LogP contribution < -0.4 is 5.32 Å².